The molecule has 0 radical (unpaired) electrons. The third kappa shape index (κ3) is 2.34. The summed E-state index contributed by atoms with van der Waals surface area (Å²) in [6.07, 6.45) is 0. The lowest BCUT2D eigenvalue weighted by Crippen LogP contribution is -2.12. The van der Waals surface area contributed by atoms with Crippen molar-refractivity contribution in [2.24, 2.45) is 0 Å². The van der Waals surface area contributed by atoms with Gasteiger partial charge in [-0.1, -0.05) is 19.9 Å². The van der Waals surface area contributed by atoms with E-state index >= 15 is 0 Å². The quantitative estimate of drug-likeness (QED) is 0.763. The molecule has 1 aromatic heterocycles. The lowest BCUT2D eigenvalue weighted by atomic mass is 10.0. The van der Waals surface area contributed by atoms with E-state index in [0.29, 0.717) is 11.2 Å². The number of rotatable bonds is 2. The van der Waals surface area contributed by atoms with Crippen molar-refractivity contribution in [3.05, 3.63) is 29.0 Å². The molecule has 0 unspecified atom stereocenters. The zero-order valence-corrected chi connectivity index (χ0v) is 11.3. The van der Waals surface area contributed by atoms with E-state index < -0.39 is 0 Å². The number of fused-ring (bicyclic) bond motifs is 1. The van der Waals surface area contributed by atoms with Crippen molar-refractivity contribution in [1.29, 1.82) is 0 Å². The number of benzene rings is 1. The average Bonchev–Trinajstić information content (AvgIpc) is 2.26. The van der Waals surface area contributed by atoms with Crippen LogP contribution in [-0.4, -0.2) is 24.1 Å². The fourth-order valence-corrected chi connectivity index (χ4v) is 1.97. The minimum absolute atomic E-state index is 0.290. The summed E-state index contributed by atoms with van der Waals surface area (Å²) in [5, 5.41) is 1.34. The molecule has 2 aromatic rings. The van der Waals surface area contributed by atoms with E-state index in [1.165, 1.54) is 5.56 Å². The SMILES string of the molecule is CC(C)c1ccc2nc(Cl)nc(N(C)C)c2c1. The monoisotopic (exact) mass is 249 g/mol. The predicted octanol–water partition coefficient (Wildman–Crippen LogP) is 3.47. The first-order valence-electron chi connectivity index (χ1n) is 5.63. The molecular formula is C13H16ClN3. The van der Waals surface area contributed by atoms with E-state index in [0.717, 1.165) is 16.7 Å². The second kappa shape index (κ2) is 4.49. The molecule has 1 aromatic carbocycles. The van der Waals surface area contributed by atoms with Crippen LogP contribution in [0, 0.1) is 0 Å². The summed E-state index contributed by atoms with van der Waals surface area (Å²) in [5.74, 6) is 1.35. The highest BCUT2D eigenvalue weighted by atomic mass is 35.5. The van der Waals surface area contributed by atoms with Crippen LogP contribution in [0.25, 0.3) is 10.9 Å². The second-order valence-corrected chi connectivity index (χ2v) is 4.98. The number of aromatic nitrogens is 2. The van der Waals surface area contributed by atoms with Crippen molar-refractivity contribution in [3.8, 4) is 0 Å². The van der Waals surface area contributed by atoms with Gasteiger partial charge in [0.15, 0.2) is 0 Å². The molecule has 0 fully saturated rings. The smallest absolute Gasteiger partial charge is 0.224 e. The Labute approximate surface area is 106 Å². The fourth-order valence-electron chi connectivity index (χ4n) is 1.80. The molecular weight excluding hydrogens is 234 g/mol. The van der Waals surface area contributed by atoms with Gasteiger partial charge < -0.3 is 4.90 Å². The molecule has 4 heteroatoms. The van der Waals surface area contributed by atoms with Crippen LogP contribution in [0.1, 0.15) is 25.3 Å². The second-order valence-electron chi connectivity index (χ2n) is 4.64. The van der Waals surface area contributed by atoms with E-state index in [2.05, 4.69) is 35.9 Å². The third-order valence-electron chi connectivity index (χ3n) is 2.76. The first kappa shape index (κ1) is 12.1. The van der Waals surface area contributed by atoms with Gasteiger partial charge in [-0.2, -0.15) is 4.98 Å². The predicted molar refractivity (Wildman–Crippen MR) is 73.0 cm³/mol. The topological polar surface area (TPSA) is 29.0 Å². The molecule has 0 aliphatic heterocycles. The summed E-state index contributed by atoms with van der Waals surface area (Å²) in [6, 6.07) is 6.24. The summed E-state index contributed by atoms with van der Waals surface area (Å²) in [6.45, 7) is 4.35. The van der Waals surface area contributed by atoms with Crippen molar-refractivity contribution >= 4 is 28.3 Å². The first-order chi connectivity index (χ1) is 7.99. The van der Waals surface area contributed by atoms with Crippen molar-refractivity contribution < 1.29 is 0 Å². The number of halogens is 1. The fraction of sp³-hybridized carbons (Fsp3) is 0.385. The van der Waals surface area contributed by atoms with Crippen molar-refractivity contribution in [1.82, 2.24) is 9.97 Å². The van der Waals surface area contributed by atoms with Crippen LogP contribution >= 0.6 is 11.6 Å². The van der Waals surface area contributed by atoms with Gasteiger partial charge in [-0.25, -0.2) is 4.98 Å². The van der Waals surface area contributed by atoms with E-state index in [4.69, 9.17) is 11.6 Å². The molecule has 0 atom stereocenters. The Morgan fingerprint density at radius 3 is 2.47 bits per heavy atom. The van der Waals surface area contributed by atoms with Crippen molar-refractivity contribution in [3.63, 3.8) is 0 Å². The maximum absolute atomic E-state index is 5.92. The number of hydrogen-bond donors (Lipinski definition) is 0. The lowest BCUT2D eigenvalue weighted by Gasteiger charge is -2.15. The summed E-state index contributed by atoms with van der Waals surface area (Å²) < 4.78 is 0. The van der Waals surface area contributed by atoms with E-state index in [1.807, 2.05) is 25.1 Å². The molecule has 3 nitrogen and oxygen atoms in total. The Bertz CT molecular complexity index is 550. The minimum atomic E-state index is 0.290. The molecule has 0 aliphatic carbocycles. The molecule has 0 aliphatic rings. The van der Waals surface area contributed by atoms with Crippen LogP contribution in [-0.2, 0) is 0 Å². The maximum atomic E-state index is 5.92. The molecule has 0 N–H and O–H groups in total. The Kier molecular flexibility index (Phi) is 3.20. The van der Waals surface area contributed by atoms with Gasteiger partial charge in [-0.05, 0) is 35.2 Å². The number of hydrogen-bond acceptors (Lipinski definition) is 3. The molecule has 0 amide bonds. The summed E-state index contributed by atoms with van der Waals surface area (Å²) in [7, 11) is 3.92. The highest BCUT2D eigenvalue weighted by molar-refractivity contribution is 6.28. The Hall–Kier alpha value is -1.35. The van der Waals surface area contributed by atoms with Gasteiger partial charge in [0.25, 0.3) is 0 Å². The van der Waals surface area contributed by atoms with Gasteiger partial charge in [0.05, 0.1) is 5.52 Å². The van der Waals surface area contributed by atoms with Gasteiger partial charge in [0, 0.05) is 19.5 Å². The Morgan fingerprint density at radius 1 is 1.18 bits per heavy atom. The largest absolute Gasteiger partial charge is 0.362 e. The maximum Gasteiger partial charge on any atom is 0.224 e. The lowest BCUT2D eigenvalue weighted by molar-refractivity contribution is 0.868. The highest BCUT2D eigenvalue weighted by Crippen LogP contribution is 2.27. The van der Waals surface area contributed by atoms with Crippen LogP contribution in [0.5, 0.6) is 0 Å². The van der Waals surface area contributed by atoms with E-state index in [-0.39, 0.29) is 0 Å². The van der Waals surface area contributed by atoms with Crippen LogP contribution in [0.2, 0.25) is 5.28 Å². The Morgan fingerprint density at radius 2 is 1.88 bits per heavy atom. The van der Waals surface area contributed by atoms with Crippen LogP contribution in [0.15, 0.2) is 18.2 Å². The highest BCUT2D eigenvalue weighted by Gasteiger charge is 2.10. The molecule has 1 heterocycles. The minimum Gasteiger partial charge on any atom is -0.362 e. The molecule has 0 spiro atoms. The normalized spacial score (nSPS) is 11.2. The van der Waals surface area contributed by atoms with Gasteiger partial charge in [-0.3, -0.25) is 0 Å². The summed E-state index contributed by atoms with van der Waals surface area (Å²) in [5.41, 5.74) is 2.17. The van der Waals surface area contributed by atoms with Crippen molar-refractivity contribution in [2.75, 3.05) is 19.0 Å². The Balaban J connectivity index is 2.73. The molecule has 0 saturated heterocycles. The van der Waals surface area contributed by atoms with E-state index in [1.54, 1.807) is 0 Å². The van der Waals surface area contributed by atoms with Crippen molar-refractivity contribution in [2.45, 2.75) is 19.8 Å². The zero-order chi connectivity index (χ0) is 12.6. The summed E-state index contributed by atoms with van der Waals surface area (Å²) >= 11 is 5.92. The van der Waals surface area contributed by atoms with E-state index in [9.17, 15) is 0 Å². The standard InChI is InChI=1S/C13H16ClN3/c1-8(2)9-5-6-11-10(7-9)12(17(3)4)16-13(14)15-11/h5-8H,1-4H3. The van der Waals surface area contributed by atoms with Gasteiger partial charge >= 0.3 is 0 Å². The molecule has 17 heavy (non-hydrogen) atoms. The van der Waals surface area contributed by atoms with Crippen LogP contribution in [0.4, 0.5) is 5.82 Å². The third-order valence-corrected chi connectivity index (χ3v) is 2.93. The van der Waals surface area contributed by atoms with Gasteiger partial charge in [-0.15, -0.1) is 0 Å². The summed E-state index contributed by atoms with van der Waals surface area (Å²) in [4.78, 5) is 10.5. The molecule has 2 rings (SSSR count). The zero-order valence-electron chi connectivity index (χ0n) is 10.5. The van der Waals surface area contributed by atoms with Crippen LogP contribution < -0.4 is 4.90 Å². The van der Waals surface area contributed by atoms with Crippen LogP contribution in [0.3, 0.4) is 0 Å². The van der Waals surface area contributed by atoms with Gasteiger partial charge in [0.1, 0.15) is 5.82 Å². The number of anilines is 1. The average molecular weight is 250 g/mol. The first-order valence-corrected chi connectivity index (χ1v) is 6.01. The number of nitrogens with zero attached hydrogens (tertiary/aromatic N) is 3. The molecule has 0 saturated carbocycles. The molecule has 90 valence electrons. The molecule has 0 bridgehead atoms. The van der Waals surface area contributed by atoms with Gasteiger partial charge in [0.2, 0.25) is 5.28 Å².